The number of nitrogens with one attached hydrogen (secondary N) is 1. The third-order valence-electron chi connectivity index (χ3n) is 4.53. The molecule has 2 aliphatic rings. The highest BCUT2D eigenvalue weighted by molar-refractivity contribution is 4.95. The van der Waals surface area contributed by atoms with Crippen LogP contribution in [0.2, 0.25) is 0 Å². The van der Waals surface area contributed by atoms with E-state index in [1.807, 2.05) is 0 Å². The van der Waals surface area contributed by atoms with Crippen LogP contribution in [-0.4, -0.2) is 36.0 Å². The molecule has 2 fully saturated rings. The zero-order chi connectivity index (χ0) is 12.1. The van der Waals surface area contributed by atoms with Gasteiger partial charge in [-0.1, -0.05) is 19.8 Å². The third-order valence-corrected chi connectivity index (χ3v) is 4.53. The van der Waals surface area contributed by atoms with Crippen LogP contribution < -0.4 is 5.32 Å². The molecule has 0 saturated heterocycles. The van der Waals surface area contributed by atoms with E-state index in [0.29, 0.717) is 24.8 Å². The first-order valence-electron chi connectivity index (χ1n) is 7.29. The molecule has 17 heavy (non-hydrogen) atoms. The van der Waals surface area contributed by atoms with Crippen molar-refractivity contribution in [2.24, 2.45) is 0 Å². The first kappa shape index (κ1) is 13.3. The summed E-state index contributed by atoms with van der Waals surface area (Å²) in [4.78, 5) is 0. The van der Waals surface area contributed by atoms with Crippen molar-refractivity contribution in [3.63, 3.8) is 0 Å². The number of ether oxygens (including phenoxy) is 1. The highest BCUT2D eigenvalue weighted by Gasteiger charge is 2.34. The second-order valence-electron chi connectivity index (χ2n) is 5.76. The number of aliphatic hydroxyl groups excluding tert-OH is 1. The van der Waals surface area contributed by atoms with E-state index in [9.17, 15) is 5.11 Å². The van der Waals surface area contributed by atoms with Crippen molar-refractivity contribution in [2.45, 2.75) is 76.0 Å². The van der Waals surface area contributed by atoms with Crippen molar-refractivity contribution in [3.8, 4) is 0 Å². The first-order chi connectivity index (χ1) is 8.24. The average Bonchev–Trinajstić information content (AvgIpc) is 2.78. The van der Waals surface area contributed by atoms with Gasteiger partial charge in [0.25, 0.3) is 0 Å². The summed E-state index contributed by atoms with van der Waals surface area (Å²) in [5, 5.41) is 13.4. The molecule has 0 aromatic heterocycles. The summed E-state index contributed by atoms with van der Waals surface area (Å²) in [6, 6.07) is 0. The lowest BCUT2D eigenvalue weighted by atomic mass is 9.75. The van der Waals surface area contributed by atoms with E-state index in [1.165, 1.54) is 51.4 Å². The fourth-order valence-corrected chi connectivity index (χ4v) is 2.95. The Morgan fingerprint density at radius 3 is 2.53 bits per heavy atom. The molecular weight excluding hydrogens is 214 g/mol. The van der Waals surface area contributed by atoms with Gasteiger partial charge in [-0.3, -0.25) is 0 Å². The molecule has 0 bridgehead atoms. The van der Waals surface area contributed by atoms with E-state index >= 15 is 0 Å². The second-order valence-corrected chi connectivity index (χ2v) is 5.76. The SMILES string of the molecule is CCC1(NCC(O)COC2CCCC2)CCC1. The lowest BCUT2D eigenvalue weighted by Gasteiger charge is -2.42. The zero-order valence-electron chi connectivity index (χ0n) is 11.1. The topological polar surface area (TPSA) is 41.5 Å². The molecule has 100 valence electrons. The summed E-state index contributed by atoms with van der Waals surface area (Å²) in [6.45, 7) is 3.41. The minimum absolute atomic E-state index is 0.328. The van der Waals surface area contributed by atoms with Gasteiger partial charge in [0.15, 0.2) is 0 Å². The van der Waals surface area contributed by atoms with Gasteiger partial charge in [-0.2, -0.15) is 0 Å². The normalized spacial score (nSPS) is 25.8. The molecule has 3 heteroatoms. The second kappa shape index (κ2) is 6.17. The van der Waals surface area contributed by atoms with Crippen LogP contribution in [0.25, 0.3) is 0 Å². The Hall–Kier alpha value is -0.120. The maximum Gasteiger partial charge on any atom is 0.0898 e. The molecular formula is C14H27NO2. The maximum absolute atomic E-state index is 9.90. The van der Waals surface area contributed by atoms with Crippen LogP contribution in [0.4, 0.5) is 0 Å². The van der Waals surface area contributed by atoms with Gasteiger partial charge in [-0.15, -0.1) is 0 Å². The quantitative estimate of drug-likeness (QED) is 0.718. The summed E-state index contributed by atoms with van der Waals surface area (Å²) < 4.78 is 5.73. The summed E-state index contributed by atoms with van der Waals surface area (Å²) in [7, 11) is 0. The molecule has 1 atom stereocenters. The number of hydrogen-bond donors (Lipinski definition) is 2. The van der Waals surface area contributed by atoms with Crippen molar-refractivity contribution in [2.75, 3.05) is 13.2 Å². The Bertz CT molecular complexity index is 217. The Kier molecular flexibility index (Phi) is 4.83. The smallest absolute Gasteiger partial charge is 0.0898 e. The highest BCUT2D eigenvalue weighted by Crippen LogP contribution is 2.34. The van der Waals surface area contributed by atoms with E-state index in [0.717, 1.165) is 0 Å². The Balaban J connectivity index is 1.58. The van der Waals surface area contributed by atoms with Gasteiger partial charge in [0.1, 0.15) is 0 Å². The van der Waals surface area contributed by atoms with Crippen molar-refractivity contribution in [1.29, 1.82) is 0 Å². The van der Waals surface area contributed by atoms with Crippen molar-refractivity contribution in [1.82, 2.24) is 5.32 Å². The van der Waals surface area contributed by atoms with Crippen molar-refractivity contribution >= 4 is 0 Å². The molecule has 0 heterocycles. The Morgan fingerprint density at radius 2 is 2.00 bits per heavy atom. The molecule has 2 N–H and O–H groups in total. The van der Waals surface area contributed by atoms with Gasteiger partial charge in [-0.05, 0) is 38.5 Å². The van der Waals surface area contributed by atoms with E-state index in [1.54, 1.807) is 0 Å². The van der Waals surface area contributed by atoms with Crippen LogP contribution in [0.3, 0.4) is 0 Å². The monoisotopic (exact) mass is 241 g/mol. The van der Waals surface area contributed by atoms with Gasteiger partial charge in [-0.25, -0.2) is 0 Å². The number of aliphatic hydroxyl groups is 1. The molecule has 1 unspecified atom stereocenters. The Morgan fingerprint density at radius 1 is 1.29 bits per heavy atom. The summed E-state index contributed by atoms with van der Waals surface area (Å²) >= 11 is 0. The molecule has 3 nitrogen and oxygen atoms in total. The fraction of sp³-hybridized carbons (Fsp3) is 1.00. The molecule has 0 aromatic carbocycles. The number of β-amino-alcohol motifs (C(OH)–C–C–N with tert-alkyl or cyclic N) is 1. The lowest BCUT2D eigenvalue weighted by molar-refractivity contribution is -0.0106. The number of rotatable bonds is 7. The highest BCUT2D eigenvalue weighted by atomic mass is 16.5. The van der Waals surface area contributed by atoms with E-state index in [4.69, 9.17) is 4.74 Å². The van der Waals surface area contributed by atoms with Crippen molar-refractivity contribution < 1.29 is 9.84 Å². The Labute approximate surface area is 105 Å². The van der Waals surface area contributed by atoms with E-state index in [-0.39, 0.29) is 6.10 Å². The predicted molar refractivity (Wildman–Crippen MR) is 69.1 cm³/mol. The molecule has 2 aliphatic carbocycles. The third kappa shape index (κ3) is 3.67. The molecule has 0 amide bonds. The van der Waals surface area contributed by atoms with Gasteiger partial charge < -0.3 is 15.2 Å². The van der Waals surface area contributed by atoms with Crippen LogP contribution >= 0.6 is 0 Å². The predicted octanol–water partition coefficient (Wildman–Crippen LogP) is 2.23. The standard InChI is InChI=1S/C14H27NO2/c1-2-14(8-5-9-14)15-10-12(16)11-17-13-6-3-4-7-13/h12-13,15-16H,2-11H2,1H3. The molecule has 2 saturated carbocycles. The lowest BCUT2D eigenvalue weighted by Crippen LogP contribution is -2.53. The first-order valence-corrected chi connectivity index (χ1v) is 7.29. The number of hydrogen-bond acceptors (Lipinski definition) is 3. The van der Waals surface area contributed by atoms with Gasteiger partial charge in [0.05, 0.1) is 18.8 Å². The molecule has 0 spiro atoms. The molecule has 2 rings (SSSR count). The van der Waals surface area contributed by atoms with Crippen LogP contribution in [0.5, 0.6) is 0 Å². The van der Waals surface area contributed by atoms with Gasteiger partial charge >= 0.3 is 0 Å². The minimum atomic E-state index is -0.348. The van der Waals surface area contributed by atoms with E-state index in [2.05, 4.69) is 12.2 Å². The van der Waals surface area contributed by atoms with Crippen LogP contribution in [0, 0.1) is 0 Å². The van der Waals surface area contributed by atoms with Crippen LogP contribution in [0.15, 0.2) is 0 Å². The minimum Gasteiger partial charge on any atom is -0.389 e. The van der Waals surface area contributed by atoms with Gasteiger partial charge in [0, 0.05) is 12.1 Å². The maximum atomic E-state index is 9.90. The molecule has 0 aliphatic heterocycles. The van der Waals surface area contributed by atoms with Crippen molar-refractivity contribution in [3.05, 3.63) is 0 Å². The molecule has 0 radical (unpaired) electrons. The fourth-order valence-electron chi connectivity index (χ4n) is 2.95. The summed E-state index contributed by atoms with van der Waals surface area (Å²) in [6.07, 6.45) is 10.0. The average molecular weight is 241 g/mol. The largest absolute Gasteiger partial charge is 0.389 e. The van der Waals surface area contributed by atoms with E-state index < -0.39 is 0 Å². The summed E-state index contributed by atoms with van der Waals surface area (Å²) in [5.41, 5.74) is 0.328. The zero-order valence-corrected chi connectivity index (χ0v) is 11.1. The van der Waals surface area contributed by atoms with Gasteiger partial charge in [0.2, 0.25) is 0 Å². The molecule has 0 aromatic rings. The van der Waals surface area contributed by atoms with Crippen LogP contribution in [-0.2, 0) is 4.74 Å². The van der Waals surface area contributed by atoms with Crippen LogP contribution in [0.1, 0.15) is 58.3 Å². The summed E-state index contributed by atoms with van der Waals surface area (Å²) in [5.74, 6) is 0.